The van der Waals surface area contributed by atoms with Crippen molar-refractivity contribution >= 4 is 34.9 Å². The van der Waals surface area contributed by atoms with Crippen LogP contribution in [0.3, 0.4) is 0 Å². The predicted molar refractivity (Wildman–Crippen MR) is 139 cm³/mol. The second-order valence-electron chi connectivity index (χ2n) is 8.22. The Hall–Kier alpha value is -4.78. The van der Waals surface area contributed by atoms with Crippen LogP contribution in [0, 0.1) is 10.8 Å². The fraction of sp³-hybridized carbons (Fsp3) is 0.192. The molecule has 202 valence electrons. The Kier molecular flexibility index (Phi) is 8.20. The molecule has 0 saturated heterocycles. The Balaban J connectivity index is 1.56. The standard InChI is InChI=1S/C26H24F3N7O3/c1-38-12-11-32-19-13-16(26(27,28)29)14-33-21(19)22(30)39-25(31)36-23-24(37)34-18-10-6-5-9-17(18)20(35-23)15-7-3-2-4-8-15/h2-10,13-14,23,30,32H,11-12H2,1H3,(H2,31,36)(H,34,37)/t23-/m1/s1. The monoisotopic (exact) mass is 539 g/mol. The summed E-state index contributed by atoms with van der Waals surface area (Å²) in [4.78, 5) is 21.2. The highest BCUT2D eigenvalue weighted by molar-refractivity contribution is 6.19. The van der Waals surface area contributed by atoms with Gasteiger partial charge in [-0.2, -0.15) is 13.2 Å². The third-order valence-corrected chi connectivity index (χ3v) is 5.52. The van der Waals surface area contributed by atoms with Gasteiger partial charge in [0.2, 0.25) is 12.1 Å². The van der Waals surface area contributed by atoms with Crippen molar-refractivity contribution in [1.29, 1.82) is 10.8 Å². The van der Waals surface area contributed by atoms with Gasteiger partial charge in [0.15, 0.2) is 0 Å². The van der Waals surface area contributed by atoms with E-state index in [0.717, 1.165) is 11.6 Å². The van der Waals surface area contributed by atoms with Crippen molar-refractivity contribution < 1.29 is 27.4 Å². The minimum Gasteiger partial charge on any atom is -0.405 e. The number of para-hydroxylation sites is 1. The minimum atomic E-state index is -4.65. The van der Waals surface area contributed by atoms with Gasteiger partial charge in [0.1, 0.15) is 5.69 Å². The summed E-state index contributed by atoms with van der Waals surface area (Å²) in [7, 11) is 1.43. The molecule has 39 heavy (non-hydrogen) atoms. The summed E-state index contributed by atoms with van der Waals surface area (Å²) in [6.07, 6.45) is -5.40. The molecule has 1 aliphatic heterocycles. The highest BCUT2D eigenvalue weighted by atomic mass is 19.4. The summed E-state index contributed by atoms with van der Waals surface area (Å²) in [5.41, 5.74) is 0.985. The molecule has 0 radical (unpaired) electrons. The average molecular weight is 540 g/mol. The number of hydrogen-bond donors (Lipinski definition) is 5. The summed E-state index contributed by atoms with van der Waals surface area (Å²) in [6, 6.07) is 16.3. The molecule has 0 bridgehead atoms. The van der Waals surface area contributed by atoms with Crippen LogP contribution in [0.25, 0.3) is 0 Å². The molecule has 1 aliphatic rings. The molecule has 10 nitrogen and oxygen atoms in total. The predicted octanol–water partition coefficient (Wildman–Crippen LogP) is 3.84. The molecule has 2 heterocycles. The number of aliphatic imine (C=N–C) groups is 1. The van der Waals surface area contributed by atoms with E-state index in [2.05, 4.69) is 25.9 Å². The van der Waals surface area contributed by atoms with Crippen LogP contribution >= 0.6 is 0 Å². The lowest BCUT2D eigenvalue weighted by Gasteiger charge is -2.17. The number of benzodiazepines with no additional fused rings is 1. The van der Waals surface area contributed by atoms with Gasteiger partial charge in [0.25, 0.3) is 11.9 Å². The van der Waals surface area contributed by atoms with E-state index in [4.69, 9.17) is 20.3 Å². The number of alkyl halides is 3. The number of aromatic nitrogens is 1. The summed E-state index contributed by atoms with van der Waals surface area (Å²) >= 11 is 0. The van der Waals surface area contributed by atoms with E-state index < -0.39 is 35.7 Å². The lowest BCUT2D eigenvalue weighted by Crippen LogP contribution is -2.43. The molecule has 1 amide bonds. The molecule has 0 fully saturated rings. The zero-order chi connectivity index (χ0) is 28.0. The van der Waals surface area contributed by atoms with Gasteiger partial charge >= 0.3 is 6.18 Å². The van der Waals surface area contributed by atoms with Crippen LogP contribution in [0.15, 0.2) is 71.9 Å². The number of carbonyl (C=O) groups is 1. The van der Waals surface area contributed by atoms with Gasteiger partial charge in [0, 0.05) is 31.0 Å². The normalized spacial score (nSPS) is 14.8. The van der Waals surface area contributed by atoms with Crippen LogP contribution in [-0.2, 0) is 20.4 Å². The number of fused-ring (bicyclic) bond motifs is 1. The maximum atomic E-state index is 13.2. The number of nitrogens with one attached hydrogen (secondary N) is 5. The molecule has 3 aromatic rings. The average Bonchev–Trinajstić information content (AvgIpc) is 3.04. The van der Waals surface area contributed by atoms with E-state index in [9.17, 15) is 18.0 Å². The van der Waals surface area contributed by atoms with E-state index in [1.54, 1.807) is 24.3 Å². The number of amides is 1. The van der Waals surface area contributed by atoms with Gasteiger partial charge in [-0.05, 0) is 12.1 Å². The van der Waals surface area contributed by atoms with E-state index >= 15 is 0 Å². The van der Waals surface area contributed by atoms with Crippen molar-refractivity contribution in [1.82, 2.24) is 10.3 Å². The minimum absolute atomic E-state index is 0.133. The number of hydrogen-bond acceptors (Lipinski definition) is 8. The molecule has 0 saturated carbocycles. The lowest BCUT2D eigenvalue weighted by atomic mass is 10.0. The number of amidine groups is 1. The summed E-state index contributed by atoms with van der Waals surface area (Å²) in [6.45, 7) is 0.317. The van der Waals surface area contributed by atoms with Crippen molar-refractivity contribution in [2.24, 2.45) is 4.99 Å². The number of carbonyl (C=O) groups excluding carboxylic acids is 1. The molecule has 0 aliphatic carbocycles. The number of benzene rings is 2. The van der Waals surface area contributed by atoms with E-state index in [0.29, 0.717) is 23.2 Å². The lowest BCUT2D eigenvalue weighted by molar-refractivity contribution is -0.137. The smallest absolute Gasteiger partial charge is 0.405 e. The number of rotatable bonds is 7. The van der Waals surface area contributed by atoms with E-state index in [1.807, 2.05) is 30.3 Å². The first-order chi connectivity index (χ1) is 18.7. The molecular formula is C26H24F3N7O3. The van der Waals surface area contributed by atoms with Crippen molar-refractivity contribution in [2.45, 2.75) is 12.3 Å². The van der Waals surface area contributed by atoms with Crippen molar-refractivity contribution in [3.63, 3.8) is 0 Å². The maximum Gasteiger partial charge on any atom is 0.417 e. The molecule has 2 aromatic carbocycles. The van der Waals surface area contributed by atoms with Gasteiger partial charge < -0.3 is 25.4 Å². The number of ether oxygens (including phenoxy) is 2. The summed E-state index contributed by atoms with van der Waals surface area (Å²) in [5, 5.41) is 24.5. The third kappa shape index (κ3) is 6.57. The first kappa shape index (κ1) is 27.3. The van der Waals surface area contributed by atoms with Crippen LogP contribution in [0.5, 0.6) is 0 Å². The zero-order valence-corrected chi connectivity index (χ0v) is 20.6. The largest absolute Gasteiger partial charge is 0.417 e. The highest BCUT2D eigenvalue weighted by Crippen LogP contribution is 2.31. The van der Waals surface area contributed by atoms with Gasteiger partial charge in [-0.15, -0.1) is 0 Å². The first-order valence-corrected chi connectivity index (χ1v) is 11.6. The molecule has 13 heteroatoms. The van der Waals surface area contributed by atoms with Crippen LogP contribution < -0.4 is 16.0 Å². The Morgan fingerprint density at radius 1 is 1.10 bits per heavy atom. The summed E-state index contributed by atoms with van der Waals surface area (Å²) < 4.78 is 49.8. The van der Waals surface area contributed by atoms with Crippen molar-refractivity contribution in [3.8, 4) is 0 Å². The van der Waals surface area contributed by atoms with Crippen molar-refractivity contribution in [2.75, 3.05) is 30.9 Å². The Morgan fingerprint density at radius 3 is 2.54 bits per heavy atom. The topological polar surface area (TPSA) is 145 Å². The Bertz CT molecular complexity index is 1410. The number of anilines is 2. The van der Waals surface area contributed by atoms with Gasteiger partial charge in [0.05, 0.1) is 29.3 Å². The van der Waals surface area contributed by atoms with E-state index in [1.165, 1.54) is 7.11 Å². The van der Waals surface area contributed by atoms with Crippen molar-refractivity contribution in [3.05, 3.63) is 89.2 Å². The first-order valence-electron chi connectivity index (χ1n) is 11.6. The third-order valence-electron chi connectivity index (χ3n) is 5.52. The zero-order valence-electron chi connectivity index (χ0n) is 20.6. The van der Waals surface area contributed by atoms with Gasteiger partial charge in [-0.3, -0.25) is 15.6 Å². The Morgan fingerprint density at radius 2 is 1.82 bits per heavy atom. The number of nitrogens with zero attached hydrogens (tertiary/aromatic N) is 2. The molecule has 0 unspecified atom stereocenters. The van der Waals surface area contributed by atoms with Gasteiger partial charge in [-0.25, -0.2) is 9.98 Å². The SMILES string of the molecule is COCCNc1cc(C(F)(F)F)cnc1C(=N)OC(=N)N[C@H]1N=C(c2ccccc2)c2ccccc2NC1=O. The molecule has 4 rings (SSSR count). The summed E-state index contributed by atoms with van der Waals surface area (Å²) in [5.74, 6) is -1.30. The fourth-order valence-electron chi connectivity index (χ4n) is 3.71. The quantitative estimate of drug-likeness (QED) is 0.175. The second-order valence-corrected chi connectivity index (χ2v) is 8.22. The molecule has 1 aromatic heterocycles. The molecular weight excluding hydrogens is 515 g/mol. The van der Waals surface area contributed by atoms with Crippen LogP contribution in [-0.4, -0.2) is 54.9 Å². The van der Waals surface area contributed by atoms with Crippen LogP contribution in [0.1, 0.15) is 22.4 Å². The maximum absolute atomic E-state index is 13.2. The number of pyridine rings is 1. The van der Waals surface area contributed by atoms with Gasteiger partial charge in [-0.1, -0.05) is 48.5 Å². The molecule has 1 atom stereocenters. The molecule has 5 N–H and O–H groups in total. The number of halogens is 3. The second kappa shape index (κ2) is 11.7. The Labute approximate surface area is 221 Å². The fourth-order valence-corrected chi connectivity index (χ4v) is 3.71. The highest BCUT2D eigenvalue weighted by Gasteiger charge is 2.33. The van der Waals surface area contributed by atoms with Crippen LogP contribution in [0.2, 0.25) is 0 Å². The molecule has 0 spiro atoms. The van der Waals surface area contributed by atoms with Crippen LogP contribution in [0.4, 0.5) is 24.5 Å². The number of methoxy groups -OCH3 is 1. The van der Waals surface area contributed by atoms with E-state index in [-0.39, 0.29) is 24.5 Å².